The summed E-state index contributed by atoms with van der Waals surface area (Å²) in [5, 5.41) is 11.7. The second kappa shape index (κ2) is 6.16. The Morgan fingerprint density at radius 2 is 1.95 bits per heavy atom. The third-order valence-corrected chi connectivity index (χ3v) is 3.95. The van der Waals surface area contributed by atoms with Crippen molar-refractivity contribution in [3.63, 3.8) is 0 Å². The summed E-state index contributed by atoms with van der Waals surface area (Å²) < 4.78 is 5.15. The van der Waals surface area contributed by atoms with Gasteiger partial charge in [-0.25, -0.2) is 9.59 Å². The van der Waals surface area contributed by atoms with Gasteiger partial charge in [-0.1, -0.05) is 19.9 Å². The molecule has 114 valence electrons. The lowest BCUT2D eigenvalue weighted by Crippen LogP contribution is -2.40. The highest BCUT2D eigenvalue weighted by atomic mass is 16.6. The fraction of sp³-hybridized carbons (Fsp3) is 0.500. The van der Waals surface area contributed by atoms with Gasteiger partial charge >= 0.3 is 12.1 Å². The number of hydrogen-bond acceptors (Lipinski definition) is 3. The molecule has 1 aromatic carbocycles. The Kier molecular flexibility index (Phi) is 4.50. The Bertz CT molecular complexity index is 529. The molecule has 1 fully saturated rings. The van der Waals surface area contributed by atoms with E-state index in [1.54, 1.807) is 12.1 Å². The van der Waals surface area contributed by atoms with Crippen molar-refractivity contribution in [1.29, 1.82) is 0 Å². The van der Waals surface area contributed by atoms with Gasteiger partial charge in [-0.3, -0.25) is 0 Å². The SMILES string of the molecule is CC1(C)CCC(NC(=O)Oc2cccc(C(=O)O)c2)CC1. The highest BCUT2D eigenvalue weighted by molar-refractivity contribution is 5.88. The maximum absolute atomic E-state index is 11.8. The van der Waals surface area contributed by atoms with Crippen molar-refractivity contribution in [3.05, 3.63) is 29.8 Å². The maximum Gasteiger partial charge on any atom is 0.412 e. The topological polar surface area (TPSA) is 75.6 Å². The number of carboxylic acids is 1. The number of carbonyl (C=O) groups excluding carboxylic acids is 1. The van der Waals surface area contributed by atoms with Gasteiger partial charge in [-0.2, -0.15) is 0 Å². The van der Waals surface area contributed by atoms with Gasteiger partial charge in [0.1, 0.15) is 5.75 Å². The van der Waals surface area contributed by atoms with Crippen molar-refractivity contribution in [3.8, 4) is 5.75 Å². The number of nitrogens with one attached hydrogen (secondary N) is 1. The normalized spacial score (nSPS) is 18.0. The Morgan fingerprint density at radius 1 is 1.29 bits per heavy atom. The molecule has 5 nitrogen and oxygen atoms in total. The zero-order valence-electron chi connectivity index (χ0n) is 12.4. The Balaban J connectivity index is 1.88. The number of rotatable bonds is 3. The van der Waals surface area contributed by atoms with E-state index in [-0.39, 0.29) is 17.4 Å². The molecule has 0 aromatic heterocycles. The van der Waals surface area contributed by atoms with Crippen LogP contribution in [-0.4, -0.2) is 23.2 Å². The van der Waals surface area contributed by atoms with Crippen LogP contribution in [0.1, 0.15) is 49.9 Å². The van der Waals surface area contributed by atoms with Crippen LogP contribution in [0.3, 0.4) is 0 Å². The molecule has 1 aliphatic rings. The summed E-state index contributed by atoms with van der Waals surface area (Å²) in [5.41, 5.74) is 0.442. The fourth-order valence-corrected chi connectivity index (χ4v) is 2.54. The van der Waals surface area contributed by atoms with Gasteiger partial charge in [-0.15, -0.1) is 0 Å². The zero-order chi connectivity index (χ0) is 15.5. The molecule has 2 rings (SSSR count). The molecule has 21 heavy (non-hydrogen) atoms. The highest BCUT2D eigenvalue weighted by Crippen LogP contribution is 2.35. The number of benzene rings is 1. The minimum atomic E-state index is -1.05. The third-order valence-electron chi connectivity index (χ3n) is 3.95. The average molecular weight is 291 g/mol. The minimum absolute atomic E-state index is 0.0970. The van der Waals surface area contributed by atoms with Crippen LogP contribution in [0.2, 0.25) is 0 Å². The van der Waals surface area contributed by atoms with Crippen molar-refractivity contribution >= 4 is 12.1 Å². The summed E-state index contributed by atoms with van der Waals surface area (Å²) in [6, 6.07) is 6.04. The van der Waals surface area contributed by atoms with E-state index in [0.29, 0.717) is 5.41 Å². The Hall–Kier alpha value is -2.04. The molecule has 5 heteroatoms. The van der Waals surface area contributed by atoms with E-state index < -0.39 is 12.1 Å². The molecular formula is C16H21NO4. The smallest absolute Gasteiger partial charge is 0.412 e. The van der Waals surface area contributed by atoms with E-state index in [1.807, 2.05) is 0 Å². The van der Waals surface area contributed by atoms with Crippen LogP contribution in [0.4, 0.5) is 4.79 Å². The molecule has 0 unspecified atom stereocenters. The van der Waals surface area contributed by atoms with E-state index in [2.05, 4.69) is 19.2 Å². The number of amides is 1. The molecule has 0 saturated heterocycles. The molecular weight excluding hydrogens is 270 g/mol. The van der Waals surface area contributed by atoms with Crippen LogP contribution in [0.25, 0.3) is 0 Å². The summed E-state index contributed by atoms with van der Waals surface area (Å²) in [6.45, 7) is 4.47. The summed E-state index contributed by atoms with van der Waals surface area (Å²) in [5.74, 6) is -0.807. The van der Waals surface area contributed by atoms with E-state index in [4.69, 9.17) is 9.84 Å². The summed E-state index contributed by atoms with van der Waals surface area (Å²) in [6.07, 6.45) is 3.51. The Morgan fingerprint density at radius 3 is 2.57 bits per heavy atom. The van der Waals surface area contributed by atoms with Gasteiger partial charge in [-0.05, 0) is 49.3 Å². The first-order valence-corrected chi connectivity index (χ1v) is 7.17. The summed E-state index contributed by atoms with van der Waals surface area (Å²) >= 11 is 0. The van der Waals surface area contributed by atoms with Gasteiger partial charge in [0.15, 0.2) is 0 Å². The third kappa shape index (κ3) is 4.48. The number of hydrogen-bond donors (Lipinski definition) is 2. The highest BCUT2D eigenvalue weighted by Gasteiger charge is 2.27. The zero-order valence-corrected chi connectivity index (χ0v) is 12.4. The van der Waals surface area contributed by atoms with Crippen LogP contribution < -0.4 is 10.1 Å². The molecule has 1 amide bonds. The maximum atomic E-state index is 11.8. The first-order chi connectivity index (χ1) is 9.85. The van der Waals surface area contributed by atoms with Gasteiger partial charge < -0.3 is 15.2 Å². The van der Waals surface area contributed by atoms with Crippen molar-refractivity contribution in [2.24, 2.45) is 5.41 Å². The second-order valence-corrected chi connectivity index (χ2v) is 6.31. The monoisotopic (exact) mass is 291 g/mol. The van der Waals surface area contributed by atoms with Gasteiger partial charge in [0, 0.05) is 6.04 Å². The predicted octanol–water partition coefficient (Wildman–Crippen LogP) is 3.44. The van der Waals surface area contributed by atoms with Crippen LogP contribution in [0, 0.1) is 5.41 Å². The van der Waals surface area contributed by atoms with E-state index in [1.165, 1.54) is 12.1 Å². The first kappa shape index (κ1) is 15.4. The standard InChI is InChI=1S/C16H21NO4/c1-16(2)8-6-12(7-9-16)17-15(20)21-13-5-3-4-11(10-13)14(18)19/h3-5,10,12H,6-9H2,1-2H3,(H,17,20)(H,18,19). The lowest BCUT2D eigenvalue weighted by Gasteiger charge is -2.34. The molecule has 1 aromatic rings. The number of aromatic carboxylic acids is 1. The van der Waals surface area contributed by atoms with Crippen LogP contribution in [-0.2, 0) is 0 Å². The number of carboxylic acid groups (broad SMARTS) is 1. The van der Waals surface area contributed by atoms with Crippen LogP contribution in [0.15, 0.2) is 24.3 Å². The number of carbonyl (C=O) groups is 2. The molecule has 0 bridgehead atoms. The molecule has 0 spiro atoms. The van der Waals surface area contributed by atoms with Crippen molar-refractivity contribution in [2.75, 3.05) is 0 Å². The van der Waals surface area contributed by atoms with Crippen molar-refractivity contribution < 1.29 is 19.4 Å². The van der Waals surface area contributed by atoms with Gasteiger partial charge in [0.25, 0.3) is 0 Å². The van der Waals surface area contributed by atoms with Crippen molar-refractivity contribution in [1.82, 2.24) is 5.32 Å². The molecule has 0 radical (unpaired) electrons. The molecule has 1 aliphatic carbocycles. The lowest BCUT2D eigenvalue weighted by molar-refractivity contribution is 0.0696. The quantitative estimate of drug-likeness (QED) is 0.894. The average Bonchev–Trinajstić information content (AvgIpc) is 2.41. The summed E-state index contributed by atoms with van der Waals surface area (Å²) in [7, 11) is 0. The predicted molar refractivity (Wildman–Crippen MR) is 78.6 cm³/mol. The minimum Gasteiger partial charge on any atom is -0.478 e. The Labute approximate surface area is 124 Å². The van der Waals surface area contributed by atoms with E-state index in [9.17, 15) is 9.59 Å². The van der Waals surface area contributed by atoms with Gasteiger partial charge in [0.2, 0.25) is 0 Å². The molecule has 0 heterocycles. The van der Waals surface area contributed by atoms with Crippen LogP contribution in [0.5, 0.6) is 5.75 Å². The van der Waals surface area contributed by atoms with Crippen LogP contribution >= 0.6 is 0 Å². The molecule has 0 aliphatic heterocycles. The lowest BCUT2D eigenvalue weighted by atomic mass is 9.76. The van der Waals surface area contributed by atoms with Crippen molar-refractivity contribution in [2.45, 2.75) is 45.6 Å². The first-order valence-electron chi connectivity index (χ1n) is 7.17. The molecule has 2 N–H and O–H groups in total. The molecule has 1 saturated carbocycles. The largest absolute Gasteiger partial charge is 0.478 e. The number of ether oxygens (including phenoxy) is 1. The summed E-state index contributed by atoms with van der Waals surface area (Å²) in [4.78, 5) is 22.7. The molecule has 0 atom stereocenters. The van der Waals surface area contributed by atoms with Gasteiger partial charge in [0.05, 0.1) is 5.56 Å². The van der Waals surface area contributed by atoms with E-state index in [0.717, 1.165) is 25.7 Å². The fourth-order valence-electron chi connectivity index (χ4n) is 2.54. The second-order valence-electron chi connectivity index (χ2n) is 6.31. The van der Waals surface area contributed by atoms with E-state index >= 15 is 0 Å².